The summed E-state index contributed by atoms with van der Waals surface area (Å²) in [6.07, 6.45) is 1.93. The Morgan fingerprint density at radius 3 is 2.74 bits per heavy atom. The molecule has 0 N–H and O–H groups in total. The molecule has 0 radical (unpaired) electrons. The number of thiophene rings is 1. The lowest BCUT2D eigenvalue weighted by atomic mass is 10.1. The van der Waals surface area contributed by atoms with Gasteiger partial charge in [0.15, 0.2) is 18.1 Å². The smallest absolute Gasteiger partial charge is 0.345 e. The number of benzene rings is 1. The van der Waals surface area contributed by atoms with Crippen LogP contribution in [0.25, 0.3) is 0 Å². The highest BCUT2D eigenvalue weighted by Crippen LogP contribution is 2.36. The normalized spacial score (nSPS) is 15.0. The van der Waals surface area contributed by atoms with Crippen LogP contribution in [0.15, 0.2) is 57.6 Å². The van der Waals surface area contributed by atoms with Crippen molar-refractivity contribution in [3.63, 3.8) is 0 Å². The van der Waals surface area contributed by atoms with Crippen LogP contribution in [0, 0.1) is 10.1 Å². The number of nitrogens with zero attached hydrogens (tertiary/aromatic N) is 3. The summed E-state index contributed by atoms with van der Waals surface area (Å²) in [7, 11) is 1.34. The number of rotatable bonds is 9. The lowest BCUT2D eigenvalue weighted by Gasteiger charge is -2.19. The van der Waals surface area contributed by atoms with Crippen LogP contribution in [0.3, 0.4) is 0 Å². The van der Waals surface area contributed by atoms with E-state index in [1.807, 2.05) is 17.5 Å². The molecule has 1 aliphatic heterocycles. The van der Waals surface area contributed by atoms with Gasteiger partial charge in [-0.2, -0.15) is 5.10 Å². The van der Waals surface area contributed by atoms with E-state index in [-0.39, 0.29) is 23.7 Å². The van der Waals surface area contributed by atoms with Crippen molar-refractivity contribution < 1.29 is 33.1 Å². The third-order valence-corrected chi connectivity index (χ3v) is 6.09. The van der Waals surface area contributed by atoms with Gasteiger partial charge in [-0.25, -0.2) is 9.80 Å². The standard InChI is InChI=1S/C23H21N3O8S/c1-3-32-20-12-16(26(29)30)14(10-19(20)31-2)23(28)34-13-22(27)25-17(18-6-4-8-33-18)11-15(24-25)21-7-5-9-35-21/h4-10,12,17H,3,11,13H2,1-2H3. The molecular formula is C23H21N3O8S. The van der Waals surface area contributed by atoms with Crippen molar-refractivity contribution in [2.45, 2.75) is 19.4 Å². The predicted octanol–water partition coefficient (Wildman–Crippen LogP) is 4.19. The quantitative estimate of drug-likeness (QED) is 0.243. The van der Waals surface area contributed by atoms with Gasteiger partial charge in [-0.15, -0.1) is 11.3 Å². The molecule has 1 aliphatic rings. The summed E-state index contributed by atoms with van der Waals surface area (Å²) in [4.78, 5) is 37.5. The van der Waals surface area contributed by atoms with Gasteiger partial charge in [-0.1, -0.05) is 6.07 Å². The van der Waals surface area contributed by atoms with Crippen molar-refractivity contribution in [2.75, 3.05) is 20.3 Å². The lowest BCUT2D eigenvalue weighted by molar-refractivity contribution is -0.385. The van der Waals surface area contributed by atoms with Crippen molar-refractivity contribution in [1.82, 2.24) is 5.01 Å². The van der Waals surface area contributed by atoms with Gasteiger partial charge < -0.3 is 18.6 Å². The molecule has 0 aliphatic carbocycles. The van der Waals surface area contributed by atoms with Crippen LogP contribution in [0.5, 0.6) is 11.5 Å². The van der Waals surface area contributed by atoms with Gasteiger partial charge >= 0.3 is 5.97 Å². The molecule has 35 heavy (non-hydrogen) atoms. The molecule has 1 amide bonds. The average molecular weight is 500 g/mol. The number of nitro benzene ring substituents is 1. The topological polar surface area (TPSA) is 134 Å². The molecule has 4 rings (SSSR count). The molecule has 3 heterocycles. The molecule has 1 aromatic carbocycles. The molecule has 2 aromatic heterocycles. The van der Waals surface area contributed by atoms with Crippen molar-refractivity contribution in [3.8, 4) is 11.5 Å². The molecule has 11 nitrogen and oxygen atoms in total. The fourth-order valence-electron chi connectivity index (χ4n) is 3.60. The van der Waals surface area contributed by atoms with Gasteiger partial charge in [-0.05, 0) is 30.5 Å². The van der Waals surface area contributed by atoms with Gasteiger partial charge in [-0.3, -0.25) is 14.9 Å². The van der Waals surface area contributed by atoms with E-state index in [0.717, 1.165) is 17.0 Å². The largest absolute Gasteiger partial charge is 0.493 e. The first-order valence-electron chi connectivity index (χ1n) is 10.6. The molecule has 1 unspecified atom stereocenters. The Morgan fingerprint density at radius 2 is 2.11 bits per heavy atom. The zero-order chi connectivity index (χ0) is 24.9. The van der Waals surface area contributed by atoms with E-state index >= 15 is 0 Å². The second-order valence-corrected chi connectivity index (χ2v) is 8.23. The Hall–Kier alpha value is -4.19. The summed E-state index contributed by atoms with van der Waals surface area (Å²) in [6, 6.07) is 8.96. The second kappa shape index (κ2) is 10.4. The van der Waals surface area contributed by atoms with Gasteiger partial charge in [0, 0.05) is 12.5 Å². The Bertz CT molecular complexity index is 1250. The van der Waals surface area contributed by atoms with Crippen LogP contribution in [0.2, 0.25) is 0 Å². The molecule has 1 atom stereocenters. The summed E-state index contributed by atoms with van der Waals surface area (Å²) in [5.41, 5.74) is -0.192. The van der Waals surface area contributed by atoms with E-state index in [9.17, 15) is 19.7 Å². The number of nitro groups is 1. The summed E-state index contributed by atoms with van der Waals surface area (Å²) in [5, 5.41) is 19.1. The summed E-state index contributed by atoms with van der Waals surface area (Å²) < 4.78 is 21.2. The SMILES string of the molecule is CCOc1cc([N+](=O)[O-])c(C(=O)OCC(=O)N2N=C(c3cccs3)CC2c2ccco2)cc1OC. The minimum absolute atomic E-state index is 0.114. The Balaban J connectivity index is 1.54. The summed E-state index contributed by atoms with van der Waals surface area (Å²) in [6.45, 7) is 1.27. The Morgan fingerprint density at radius 1 is 1.29 bits per heavy atom. The van der Waals surface area contributed by atoms with Gasteiger partial charge in [0.2, 0.25) is 0 Å². The van der Waals surface area contributed by atoms with Gasteiger partial charge in [0.05, 0.1) is 41.6 Å². The monoisotopic (exact) mass is 499 g/mol. The number of furan rings is 1. The Labute approximate surface area is 203 Å². The van der Waals surface area contributed by atoms with E-state index in [1.165, 1.54) is 29.7 Å². The molecule has 0 saturated heterocycles. The maximum atomic E-state index is 13.0. The molecule has 182 valence electrons. The molecule has 0 fully saturated rings. The minimum atomic E-state index is -1.05. The third-order valence-electron chi connectivity index (χ3n) is 5.17. The van der Waals surface area contributed by atoms with Crippen LogP contribution < -0.4 is 9.47 Å². The number of amides is 1. The number of methoxy groups -OCH3 is 1. The average Bonchev–Trinajstić information content (AvgIpc) is 3.62. The molecule has 0 saturated carbocycles. The molecule has 0 spiro atoms. The first kappa shape index (κ1) is 24.0. The number of ether oxygens (including phenoxy) is 3. The van der Waals surface area contributed by atoms with E-state index < -0.39 is 35.1 Å². The first-order valence-corrected chi connectivity index (χ1v) is 11.4. The van der Waals surface area contributed by atoms with Crippen LogP contribution >= 0.6 is 11.3 Å². The number of hydrazone groups is 1. The number of carbonyl (C=O) groups excluding carboxylic acids is 2. The summed E-state index contributed by atoms with van der Waals surface area (Å²) >= 11 is 1.49. The maximum Gasteiger partial charge on any atom is 0.345 e. The zero-order valence-electron chi connectivity index (χ0n) is 18.8. The molecule has 3 aromatic rings. The fourth-order valence-corrected chi connectivity index (χ4v) is 4.32. The lowest BCUT2D eigenvalue weighted by Crippen LogP contribution is -2.31. The minimum Gasteiger partial charge on any atom is -0.493 e. The van der Waals surface area contributed by atoms with E-state index in [2.05, 4.69) is 5.10 Å². The van der Waals surface area contributed by atoms with Crippen molar-refractivity contribution >= 4 is 34.6 Å². The predicted molar refractivity (Wildman–Crippen MR) is 125 cm³/mol. The number of hydrogen-bond donors (Lipinski definition) is 0. The highest BCUT2D eigenvalue weighted by atomic mass is 32.1. The fraction of sp³-hybridized carbons (Fsp3) is 0.261. The van der Waals surface area contributed by atoms with E-state index in [4.69, 9.17) is 18.6 Å². The first-order chi connectivity index (χ1) is 16.9. The van der Waals surface area contributed by atoms with E-state index in [0.29, 0.717) is 17.9 Å². The highest BCUT2D eigenvalue weighted by molar-refractivity contribution is 7.12. The number of carbonyl (C=O) groups is 2. The highest BCUT2D eigenvalue weighted by Gasteiger charge is 2.36. The molecule has 0 bridgehead atoms. The maximum absolute atomic E-state index is 13.0. The van der Waals surface area contributed by atoms with Crippen molar-refractivity contribution in [1.29, 1.82) is 0 Å². The van der Waals surface area contributed by atoms with Gasteiger partial charge in [0.1, 0.15) is 17.4 Å². The van der Waals surface area contributed by atoms with Crippen molar-refractivity contribution in [3.05, 3.63) is 74.4 Å². The van der Waals surface area contributed by atoms with Crippen LogP contribution in [-0.2, 0) is 9.53 Å². The molecule has 12 heteroatoms. The van der Waals surface area contributed by atoms with E-state index in [1.54, 1.807) is 19.1 Å². The number of hydrogen-bond acceptors (Lipinski definition) is 10. The number of esters is 1. The van der Waals surface area contributed by atoms with Crippen molar-refractivity contribution in [2.24, 2.45) is 5.10 Å². The van der Waals surface area contributed by atoms with Crippen LogP contribution in [0.4, 0.5) is 5.69 Å². The Kier molecular flexibility index (Phi) is 7.11. The van der Waals surface area contributed by atoms with Crippen LogP contribution in [0.1, 0.15) is 40.4 Å². The summed E-state index contributed by atoms with van der Waals surface area (Å²) in [5.74, 6) is -0.886. The zero-order valence-corrected chi connectivity index (χ0v) is 19.6. The second-order valence-electron chi connectivity index (χ2n) is 7.28. The molecular weight excluding hydrogens is 478 g/mol. The van der Waals surface area contributed by atoms with Crippen LogP contribution in [-0.4, -0.2) is 47.8 Å². The van der Waals surface area contributed by atoms with Gasteiger partial charge in [0.25, 0.3) is 11.6 Å². The third kappa shape index (κ3) is 5.01.